The molecular formula is C11H20INO2. The first kappa shape index (κ1) is 13.2. The number of esters is 1. The first-order valence-corrected chi connectivity index (χ1v) is 7.07. The third kappa shape index (κ3) is 4.26. The lowest BCUT2D eigenvalue weighted by molar-refractivity contribution is -0.162. The zero-order chi connectivity index (χ0) is 11.3. The van der Waals surface area contributed by atoms with E-state index in [9.17, 15) is 4.79 Å². The van der Waals surface area contributed by atoms with Gasteiger partial charge in [0, 0.05) is 10.3 Å². The maximum absolute atomic E-state index is 11.5. The number of alkyl halides is 1. The highest BCUT2D eigenvalue weighted by Gasteiger charge is 2.33. The fraction of sp³-hybridized carbons (Fsp3) is 0.909. The largest absolute Gasteiger partial charge is 0.459 e. The van der Waals surface area contributed by atoms with E-state index in [1.54, 1.807) is 0 Å². The van der Waals surface area contributed by atoms with Crippen LogP contribution in [0.15, 0.2) is 0 Å². The molecule has 3 nitrogen and oxygen atoms in total. The van der Waals surface area contributed by atoms with Gasteiger partial charge >= 0.3 is 5.97 Å². The summed E-state index contributed by atoms with van der Waals surface area (Å²) in [5, 5.41) is 3.32. The molecule has 0 radical (unpaired) electrons. The lowest BCUT2D eigenvalue weighted by Gasteiger charge is -2.36. The number of hydrogen-bond donors (Lipinski definition) is 1. The highest BCUT2D eigenvalue weighted by molar-refractivity contribution is 14.1. The lowest BCUT2D eigenvalue weighted by atomic mass is 9.83. The van der Waals surface area contributed by atoms with Gasteiger partial charge in [0.15, 0.2) is 0 Å². The molecule has 0 saturated carbocycles. The Kier molecular flexibility index (Phi) is 5.32. The summed E-state index contributed by atoms with van der Waals surface area (Å²) in [6.45, 7) is 6.15. The van der Waals surface area contributed by atoms with Crippen LogP contribution in [0.1, 0.15) is 33.1 Å². The topological polar surface area (TPSA) is 38.3 Å². The third-order valence-corrected chi connectivity index (χ3v) is 3.54. The summed E-state index contributed by atoms with van der Waals surface area (Å²) in [6, 6.07) is 0. The van der Waals surface area contributed by atoms with E-state index in [0.717, 1.165) is 30.4 Å². The number of ether oxygens (including phenoxy) is 1. The number of nitrogens with one attached hydrogen (secondary N) is 1. The summed E-state index contributed by atoms with van der Waals surface area (Å²) in [4.78, 5) is 11.5. The van der Waals surface area contributed by atoms with Crippen LogP contribution < -0.4 is 5.32 Å². The summed E-state index contributed by atoms with van der Waals surface area (Å²) >= 11 is 2.20. The highest BCUT2D eigenvalue weighted by Crippen LogP contribution is 2.29. The second-order valence-electron chi connectivity index (χ2n) is 4.54. The van der Waals surface area contributed by atoms with Crippen molar-refractivity contribution >= 4 is 28.6 Å². The molecule has 0 aliphatic carbocycles. The van der Waals surface area contributed by atoms with Crippen LogP contribution >= 0.6 is 22.6 Å². The summed E-state index contributed by atoms with van der Waals surface area (Å²) in [6.07, 6.45) is 2.73. The average molecular weight is 325 g/mol. The van der Waals surface area contributed by atoms with Crippen molar-refractivity contribution in [1.29, 1.82) is 0 Å². The quantitative estimate of drug-likeness (QED) is 0.489. The first-order valence-electron chi connectivity index (χ1n) is 5.55. The van der Waals surface area contributed by atoms with Crippen molar-refractivity contribution in [1.82, 2.24) is 5.32 Å². The third-order valence-electron chi connectivity index (χ3n) is 3.00. The van der Waals surface area contributed by atoms with Gasteiger partial charge in [0.1, 0.15) is 5.60 Å². The van der Waals surface area contributed by atoms with Gasteiger partial charge in [0.05, 0.1) is 6.42 Å². The molecule has 1 heterocycles. The zero-order valence-corrected chi connectivity index (χ0v) is 11.7. The molecule has 0 aromatic carbocycles. The van der Waals surface area contributed by atoms with Crippen molar-refractivity contribution in [3.8, 4) is 0 Å². The van der Waals surface area contributed by atoms with E-state index in [4.69, 9.17) is 4.74 Å². The summed E-state index contributed by atoms with van der Waals surface area (Å²) in [7, 11) is 0. The van der Waals surface area contributed by atoms with Crippen molar-refractivity contribution in [2.45, 2.75) is 38.7 Å². The molecular weight excluding hydrogens is 305 g/mol. The van der Waals surface area contributed by atoms with Crippen LogP contribution in [0.5, 0.6) is 0 Å². The number of rotatable bonds is 4. The number of hydrogen-bond acceptors (Lipinski definition) is 3. The van der Waals surface area contributed by atoms with E-state index in [0.29, 0.717) is 12.3 Å². The van der Waals surface area contributed by atoms with Crippen LogP contribution in [-0.2, 0) is 9.53 Å². The SMILES string of the molecule is CC(C)(OC(=O)CCI)C1CCNCC1. The van der Waals surface area contributed by atoms with Crippen molar-refractivity contribution in [2.24, 2.45) is 5.92 Å². The van der Waals surface area contributed by atoms with Gasteiger partial charge in [0.2, 0.25) is 0 Å². The minimum Gasteiger partial charge on any atom is -0.459 e. The molecule has 1 saturated heterocycles. The zero-order valence-electron chi connectivity index (χ0n) is 9.51. The number of carbonyl (C=O) groups is 1. The fourth-order valence-electron chi connectivity index (χ4n) is 2.02. The van der Waals surface area contributed by atoms with Crippen molar-refractivity contribution < 1.29 is 9.53 Å². The Morgan fingerprint density at radius 2 is 2.07 bits per heavy atom. The maximum atomic E-state index is 11.5. The molecule has 1 aliphatic rings. The summed E-state index contributed by atoms with van der Waals surface area (Å²) < 4.78 is 6.38. The van der Waals surface area contributed by atoms with Crippen LogP contribution in [0.25, 0.3) is 0 Å². The monoisotopic (exact) mass is 325 g/mol. The normalized spacial score (nSPS) is 18.9. The van der Waals surface area contributed by atoms with E-state index in [-0.39, 0.29) is 11.6 Å². The predicted molar refractivity (Wildman–Crippen MR) is 69.3 cm³/mol. The molecule has 1 fully saturated rings. The Balaban J connectivity index is 2.45. The molecule has 1 rings (SSSR count). The van der Waals surface area contributed by atoms with E-state index >= 15 is 0 Å². The van der Waals surface area contributed by atoms with Gasteiger partial charge < -0.3 is 10.1 Å². The molecule has 0 spiro atoms. The van der Waals surface area contributed by atoms with E-state index in [1.165, 1.54) is 0 Å². The van der Waals surface area contributed by atoms with Crippen LogP contribution in [0.3, 0.4) is 0 Å². The van der Waals surface area contributed by atoms with Crippen LogP contribution in [0.2, 0.25) is 0 Å². The highest BCUT2D eigenvalue weighted by atomic mass is 127. The number of carbonyl (C=O) groups excluding carboxylic acids is 1. The van der Waals surface area contributed by atoms with Crippen molar-refractivity contribution in [3.63, 3.8) is 0 Å². The molecule has 15 heavy (non-hydrogen) atoms. The molecule has 0 aromatic heterocycles. The Hall–Kier alpha value is 0.160. The fourth-order valence-corrected chi connectivity index (χ4v) is 2.46. The Morgan fingerprint density at radius 3 is 2.60 bits per heavy atom. The number of piperidine rings is 1. The van der Waals surface area contributed by atoms with Crippen LogP contribution in [0, 0.1) is 5.92 Å². The standard InChI is InChI=1S/C11H20INO2/c1-11(2,15-10(14)3-6-12)9-4-7-13-8-5-9/h9,13H,3-8H2,1-2H3. The van der Waals surface area contributed by atoms with Gasteiger partial charge in [-0.25, -0.2) is 0 Å². The van der Waals surface area contributed by atoms with Crippen LogP contribution in [-0.4, -0.2) is 29.1 Å². The van der Waals surface area contributed by atoms with Gasteiger partial charge in [-0.1, -0.05) is 22.6 Å². The molecule has 4 heteroatoms. The second kappa shape index (κ2) is 6.03. The van der Waals surface area contributed by atoms with Crippen molar-refractivity contribution in [2.75, 3.05) is 17.5 Å². The molecule has 0 atom stereocenters. The molecule has 0 amide bonds. The Labute approximate surface area is 105 Å². The van der Waals surface area contributed by atoms with Crippen LogP contribution in [0.4, 0.5) is 0 Å². The minimum atomic E-state index is -0.301. The summed E-state index contributed by atoms with van der Waals surface area (Å²) in [5.41, 5.74) is -0.301. The van der Waals surface area contributed by atoms with E-state index in [2.05, 4.69) is 27.9 Å². The van der Waals surface area contributed by atoms with Gasteiger partial charge in [-0.05, 0) is 39.8 Å². The van der Waals surface area contributed by atoms with E-state index < -0.39 is 0 Å². The lowest BCUT2D eigenvalue weighted by Crippen LogP contribution is -2.42. The molecule has 0 aromatic rings. The average Bonchev–Trinajstić information content (AvgIpc) is 2.18. The summed E-state index contributed by atoms with van der Waals surface area (Å²) in [5.74, 6) is 0.435. The van der Waals surface area contributed by atoms with Gasteiger partial charge in [-0.15, -0.1) is 0 Å². The second-order valence-corrected chi connectivity index (χ2v) is 5.62. The maximum Gasteiger partial charge on any atom is 0.307 e. The number of halogens is 1. The Bertz CT molecular complexity index is 213. The smallest absolute Gasteiger partial charge is 0.307 e. The molecule has 0 unspecified atom stereocenters. The predicted octanol–water partition coefficient (Wildman–Crippen LogP) is 2.13. The molecule has 88 valence electrons. The van der Waals surface area contributed by atoms with Gasteiger partial charge in [0.25, 0.3) is 0 Å². The molecule has 0 bridgehead atoms. The Morgan fingerprint density at radius 1 is 1.47 bits per heavy atom. The minimum absolute atomic E-state index is 0.0621. The van der Waals surface area contributed by atoms with Gasteiger partial charge in [-0.2, -0.15) is 0 Å². The van der Waals surface area contributed by atoms with Crippen molar-refractivity contribution in [3.05, 3.63) is 0 Å². The van der Waals surface area contributed by atoms with E-state index in [1.807, 2.05) is 13.8 Å². The van der Waals surface area contributed by atoms with Gasteiger partial charge in [-0.3, -0.25) is 4.79 Å². The molecule has 1 aliphatic heterocycles. The first-order chi connectivity index (χ1) is 7.06. The molecule has 1 N–H and O–H groups in total.